The van der Waals surface area contributed by atoms with E-state index in [9.17, 15) is 24.8 Å². The van der Waals surface area contributed by atoms with E-state index in [4.69, 9.17) is 0 Å². The number of hydrogen-bond donors (Lipinski definition) is 2. The van der Waals surface area contributed by atoms with E-state index in [1.165, 1.54) is 6.92 Å². The van der Waals surface area contributed by atoms with E-state index in [2.05, 4.69) is 5.32 Å². The Kier molecular flexibility index (Phi) is 3.81. The van der Waals surface area contributed by atoms with Crippen LogP contribution in [0.2, 0.25) is 0 Å². The molecule has 24 heavy (non-hydrogen) atoms. The third-order valence-electron chi connectivity index (χ3n) is 5.82. The van der Waals surface area contributed by atoms with Crippen molar-refractivity contribution in [2.24, 2.45) is 5.41 Å². The first-order valence-corrected chi connectivity index (χ1v) is 8.08. The van der Waals surface area contributed by atoms with E-state index < -0.39 is 16.3 Å². The van der Waals surface area contributed by atoms with E-state index in [1.807, 2.05) is 6.07 Å². The fourth-order valence-corrected chi connectivity index (χ4v) is 4.25. The largest absolute Gasteiger partial charge is 0.481 e. The molecule has 0 aliphatic heterocycles. The summed E-state index contributed by atoms with van der Waals surface area (Å²) in [6.45, 7) is 1.31. The van der Waals surface area contributed by atoms with Crippen molar-refractivity contribution in [1.82, 2.24) is 0 Å². The number of amides is 1. The zero-order valence-electron chi connectivity index (χ0n) is 13.5. The van der Waals surface area contributed by atoms with Crippen LogP contribution in [0, 0.1) is 15.5 Å². The summed E-state index contributed by atoms with van der Waals surface area (Å²) >= 11 is 0. The molecule has 0 radical (unpaired) electrons. The minimum atomic E-state index is -0.720. The third-order valence-corrected chi connectivity index (χ3v) is 5.82. The van der Waals surface area contributed by atoms with E-state index in [-0.39, 0.29) is 22.7 Å². The standard InChI is InChI=1S/C17H20N2O5/c1-11(20)18-13-3-2-12(10-14(13)19(23)24)16-4-7-17(8-5-16,9-6-16)15(21)22/h2-3,10H,4-9H2,1H3,(H,18,20)(H,21,22). The Morgan fingerprint density at radius 1 is 1.17 bits per heavy atom. The summed E-state index contributed by atoms with van der Waals surface area (Å²) < 4.78 is 0. The second-order valence-corrected chi connectivity index (χ2v) is 7.04. The highest BCUT2D eigenvalue weighted by atomic mass is 16.6. The summed E-state index contributed by atoms with van der Waals surface area (Å²) in [4.78, 5) is 33.6. The van der Waals surface area contributed by atoms with Crippen molar-refractivity contribution in [3.05, 3.63) is 33.9 Å². The quantitative estimate of drug-likeness (QED) is 0.650. The molecule has 1 amide bonds. The summed E-state index contributed by atoms with van der Waals surface area (Å²) in [5.74, 6) is -1.08. The molecular formula is C17H20N2O5. The third kappa shape index (κ3) is 2.53. The highest BCUT2D eigenvalue weighted by molar-refractivity contribution is 5.91. The summed E-state index contributed by atoms with van der Waals surface area (Å²) in [5, 5.41) is 23.3. The van der Waals surface area contributed by atoms with Gasteiger partial charge in [0.1, 0.15) is 5.69 Å². The van der Waals surface area contributed by atoms with E-state index in [0.717, 1.165) is 24.8 Å². The molecule has 0 aromatic heterocycles. The van der Waals surface area contributed by atoms with Gasteiger partial charge < -0.3 is 10.4 Å². The number of nitrogens with one attached hydrogen (secondary N) is 1. The van der Waals surface area contributed by atoms with Crippen molar-refractivity contribution in [3.63, 3.8) is 0 Å². The van der Waals surface area contributed by atoms with Gasteiger partial charge in [0.2, 0.25) is 5.91 Å². The Bertz CT molecular complexity index is 703. The number of anilines is 1. The van der Waals surface area contributed by atoms with Crippen LogP contribution in [-0.4, -0.2) is 21.9 Å². The molecule has 7 nitrogen and oxygen atoms in total. The molecule has 7 heteroatoms. The lowest BCUT2D eigenvalue weighted by Crippen LogP contribution is -2.47. The molecule has 0 unspecified atom stereocenters. The molecule has 3 aliphatic carbocycles. The lowest BCUT2D eigenvalue weighted by atomic mass is 9.52. The van der Waals surface area contributed by atoms with Gasteiger partial charge in [0, 0.05) is 13.0 Å². The van der Waals surface area contributed by atoms with E-state index in [1.54, 1.807) is 12.1 Å². The minimum Gasteiger partial charge on any atom is -0.481 e. The van der Waals surface area contributed by atoms with Crippen molar-refractivity contribution in [2.75, 3.05) is 5.32 Å². The van der Waals surface area contributed by atoms with Crippen LogP contribution < -0.4 is 5.32 Å². The Morgan fingerprint density at radius 2 is 1.75 bits per heavy atom. The van der Waals surface area contributed by atoms with Crippen LogP contribution in [0.5, 0.6) is 0 Å². The number of carboxylic acid groups (broad SMARTS) is 1. The Labute approximate surface area is 139 Å². The van der Waals surface area contributed by atoms with Gasteiger partial charge in [-0.05, 0) is 55.6 Å². The molecule has 2 bridgehead atoms. The predicted molar refractivity (Wildman–Crippen MR) is 86.8 cm³/mol. The Balaban J connectivity index is 1.94. The van der Waals surface area contributed by atoms with Crippen LogP contribution in [0.15, 0.2) is 18.2 Å². The number of carboxylic acids is 1. The minimum absolute atomic E-state index is 0.113. The van der Waals surface area contributed by atoms with Crippen molar-refractivity contribution in [2.45, 2.75) is 50.9 Å². The fourth-order valence-electron chi connectivity index (χ4n) is 4.25. The van der Waals surface area contributed by atoms with Crippen LogP contribution in [-0.2, 0) is 15.0 Å². The molecule has 4 rings (SSSR count). The average molecular weight is 332 g/mol. The smallest absolute Gasteiger partial charge is 0.309 e. The van der Waals surface area contributed by atoms with Crippen molar-refractivity contribution in [3.8, 4) is 0 Å². The first kappa shape index (κ1) is 16.4. The van der Waals surface area contributed by atoms with Gasteiger partial charge in [-0.1, -0.05) is 6.07 Å². The molecule has 0 heterocycles. The number of nitro benzene ring substituents is 1. The highest BCUT2D eigenvalue weighted by Gasteiger charge is 2.53. The van der Waals surface area contributed by atoms with Crippen LogP contribution in [0.25, 0.3) is 0 Å². The first-order chi connectivity index (χ1) is 11.3. The van der Waals surface area contributed by atoms with Crippen molar-refractivity contribution >= 4 is 23.3 Å². The maximum atomic E-state index is 11.5. The normalized spacial score (nSPS) is 28.4. The Morgan fingerprint density at radius 3 is 2.21 bits per heavy atom. The zero-order valence-corrected chi connectivity index (χ0v) is 13.5. The SMILES string of the molecule is CC(=O)Nc1ccc(C23CCC(C(=O)O)(CC2)CC3)cc1[N+](=O)[O-]. The van der Waals surface area contributed by atoms with Gasteiger partial charge in [0.05, 0.1) is 10.3 Å². The summed E-state index contributed by atoms with van der Waals surface area (Å²) in [6.07, 6.45) is 4.04. The van der Waals surface area contributed by atoms with Gasteiger partial charge in [-0.15, -0.1) is 0 Å². The molecule has 3 saturated carbocycles. The second kappa shape index (κ2) is 5.58. The van der Waals surface area contributed by atoms with Crippen LogP contribution in [0.1, 0.15) is 51.0 Å². The number of nitro groups is 1. The second-order valence-electron chi connectivity index (χ2n) is 7.04. The molecular weight excluding hydrogens is 312 g/mol. The number of fused-ring (bicyclic) bond motifs is 3. The van der Waals surface area contributed by atoms with E-state index >= 15 is 0 Å². The highest BCUT2D eigenvalue weighted by Crippen LogP contribution is 2.58. The topological polar surface area (TPSA) is 110 Å². The van der Waals surface area contributed by atoms with Gasteiger partial charge in [-0.2, -0.15) is 0 Å². The first-order valence-electron chi connectivity index (χ1n) is 8.08. The Hall–Kier alpha value is -2.44. The van der Waals surface area contributed by atoms with Gasteiger partial charge in [0.15, 0.2) is 0 Å². The van der Waals surface area contributed by atoms with Gasteiger partial charge >= 0.3 is 5.97 Å². The number of aliphatic carboxylic acids is 1. The summed E-state index contributed by atoms with van der Waals surface area (Å²) in [7, 11) is 0. The molecule has 0 spiro atoms. The van der Waals surface area contributed by atoms with Crippen LogP contribution in [0.4, 0.5) is 11.4 Å². The molecule has 1 aromatic carbocycles. The maximum Gasteiger partial charge on any atom is 0.309 e. The number of benzene rings is 1. The zero-order chi connectivity index (χ0) is 17.5. The summed E-state index contributed by atoms with van der Waals surface area (Å²) in [5.41, 5.74) is 0.166. The molecule has 3 fully saturated rings. The predicted octanol–water partition coefficient (Wildman–Crippen LogP) is 3.23. The lowest BCUT2D eigenvalue weighted by Gasteiger charge is -2.51. The maximum absolute atomic E-state index is 11.5. The molecule has 0 saturated heterocycles. The van der Waals surface area contributed by atoms with Gasteiger partial charge in [-0.3, -0.25) is 19.7 Å². The van der Waals surface area contributed by atoms with Crippen molar-refractivity contribution < 1.29 is 19.6 Å². The van der Waals surface area contributed by atoms with Crippen LogP contribution >= 0.6 is 0 Å². The average Bonchev–Trinajstić information content (AvgIpc) is 2.56. The lowest BCUT2D eigenvalue weighted by molar-refractivity contribution is -0.384. The van der Waals surface area contributed by atoms with Gasteiger partial charge in [-0.25, -0.2) is 0 Å². The molecule has 2 N–H and O–H groups in total. The number of hydrogen-bond acceptors (Lipinski definition) is 4. The monoisotopic (exact) mass is 332 g/mol. The number of carbonyl (C=O) groups is 2. The summed E-state index contributed by atoms with van der Waals surface area (Å²) in [6, 6.07) is 4.96. The molecule has 3 aliphatic rings. The number of rotatable bonds is 4. The van der Waals surface area contributed by atoms with Gasteiger partial charge in [0.25, 0.3) is 5.69 Å². The molecule has 0 atom stereocenters. The van der Waals surface area contributed by atoms with E-state index in [0.29, 0.717) is 19.3 Å². The van der Waals surface area contributed by atoms with Crippen molar-refractivity contribution in [1.29, 1.82) is 0 Å². The number of nitrogens with zero attached hydrogens (tertiary/aromatic N) is 1. The number of carbonyl (C=O) groups excluding carboxylic acids is 1. The molecule has 1 aromatic rings. The fraction of sp³-hybridized carbons (Fsp3) is 0.529. The molecule has 128 valence electrons. The van der Waals surface area contributed by atoms with Crippen LogP contribution in [0.3, 0.4) is 0 Å².